The molecular formula is C21H21Cl2N5O3S. The van der Waals surface area contributed by atoms with Crippen LogP contribution in [0.4, 0.5) is 11.4 Å². The van der Waals surface area contributed by atoms with E-state index in [0.29, 0.717) is 38.2 Å². The van der Waals surface area contributed by atoms with Gasteiger partial charge in [0.25, 0.3) is 0 Å². The van der Waals surface area contributed by atoms with E-state index in [1.54, 1.807) is 41.9 Å². The van der Waals surface area contributed by atoms with Crippen LogP contribution in [0.15, 0.2) is 41.6 Å². The number of hydrogen-bond acceptors (Lipinski definition) is 6. The Bertz CT molecular complexity index is 1150. The second-order valence-electron chi connectivity index (χ2n) is 6.83. The van der Waals surface area contributed by atoms with Gasteiger partial charge in [0.2, 0.25) is 11.8 Å². The molecule has 0 unspecified atom stereocenters. The van der Waals surface area contributed by atoms with Crippen LogP contribution in [0.3, 0.4) is 0 Å². The van der Waals surface area contributed by atoms with Gasteiger partial charge in [-0.2, -0.15) is 0 Å². The molecular weight excluding hydrogens is 473 g/mol. The molecule has 168 valence electrons. The number of nitrogens with one attached hydrogen (secondary N) is 2. The maximum Gasteiger partial charge on any atom is 0.234 e. The van der Waals surface area contributed by atoms with Crippen molar-refractivity contribution in [3.8, 4) is 5.75 Å². The van der Waals surface area contributed by atoms with Crippen LogP contribution >= 0.6 is 35.0 Å². The maximum atomic E-state index is 12.4. The molecule has 0 atom stereocenters. The van der Waals surface area contributed by atoms with E-state index < -0.39 is 0 Å². The molecule has 1 aromatic heterocycles. The Morgan fingerprint density at radius 3 is 2.59 bits per heavy atom. The van der Waals surface area contributed by atoms with Crippen molar-refractivity contribution in [2.75, 3.05) is 23.5 Å². The Balaban J connectivity index is 1.56. The van der Waals surface area contributed by atoms with Crippen LogP contribution in [-0.4, -0.2) is 39.4 Å². The average Bonchev–Trinajstić information content (AvgIpc) is 3.08. The summed E-state index contributed by atoms with van der Waals surface area (Å²) in [5.41, 5.74) is 2.02. The lowest BCUT2D eigenvalue weighted by atomic mass is 10.2. The normalized spacial score (nSPS) is 10.7. The summed E-state index contributed by atoms with van der Waals surface area (Å²) in [6.45, 7) is 1.89. The largest absolute Gasteiger partial charge is 0.495 e. The third-order valence-electron chi connectivity index (χ3n) is 4.47. The van der Waals surface area contributed by atoms with Gasteiger partial charge < -0.3 is 19.9 Å². The Hall–Kier alpha value is -2.75. The number of ether oxygens (including phenoxy) is 1. The Morgan fingerprint density at radius 2 is 1.88 bits per heavy atom. The van der Waals surface area contributed by atoms with Crippen LogP contribution in [0.25, 0.3) is 0 Å². The van der Waals surface area contributed by atoms with Crippen molar-refractivity contribution in [2.45, 2.75) is 18.5 Å². The van der Waals surface area contributed by atoms with E-state index in [1.807, 2.05) is 13.0 Å². The number of hydrogen-bond donors (Lipinski definition) is 2. The van der Waals surface area contributed by atoms with E-state index in [1.165, 1.54) is 18.9 Å². The fraction of sp³-hybridized carbons (Fsp3) is 0.238. The van der Waals surface area contributed by atoms with Crippen LogP contribution in [0.1, 0.15) is 11.4 Å². The van der Waals surface area contributed by atoms with Crippen LogP contribution in [0, 0.1) is 6.92 Å². The number of aryl methyl sites for hydroxylation is 1. The fourth-order valence-electron chi connectivity index (χ4n) is 2.74. The van der Waals surface area contributed by atoms with Crippen molar-refractivity contribution < 1.29 is 14.3 Å². The lowest BCUT2D eigenvalue weighted by Gasteiger charge is -2.10. The quantitative estimate of drug-likeness (QED) is 0.452. The third-order valence-corrected chi connectivity index (χ3v) is 6.13. The zero-order valence-corrected chi connectivity index (χ0v) is 19.9. The average molecular weight is 494 g/mol. The number of carbonyl (C=O) groups excluding carboxylic acids is 2. The number of rotatable bonds is 8. The van der Waals surface area contributed by atoms with Gasteiger partial charge in [0.1, 0.15) is 11.6 Å². The van der Waals surface area contributed by atoms with E-state index in [0.717, 1.165) is 5.56 Å². The van der Waals surface area contributed by atoms with Crippen molar-refractivity contribution in [1.29, 1.82) is 0 Å². The molecule has 0 bridgehead atoms. The van der Waals surface area contributed by atoms with Gasteiger partial charge in [-0.3, -0.25) is 9.59 Å². The van der Waals surface area contributed by atoms with Gasteiger partial charge in [-0.05, 0) is 42.8 Å². The molecule has 0 spiro atoms. The molecule has 0 fully saturated rings. The second kappa shape index (κ2) is 10.7. The Morgan fingerprint density at radius 1 is 1.09 bits per heavy atom. The summed E-state index contributed by atoms with van der Waals surface area (Å²) in [5, 5.41) is 15.3. The standard InChI is InChI=1S/C21H21Cl2N5O3S/c1-12-4-6-14(9-15(12)23)24-19(29)10-18-26-27-21(28(18)2)32-11-20(30)25-16-8-13(22)5-7-17(16)31-3/h4-9H,10-11H2,1-3H3,(H,24,29)(H,25,30). The molecule has 32 heavy (non-hydrogen) atoms. The van der Waals surface area contributed by atoms with Crippen LogP contribution in [0.2, 0.25) is 10.0 Å². The van der Waals surface area contributed by atoms with E-state index >= 15 is 0 Å². The highest BCUT2D eigenvalue weighted by Crippen LogP contribution is 2.28. The molecule has 1 heterocycles. The highest BCUT2D eigenvalue weighted by atomic mass is 35.5. The van der Waals surface area contributed by atoms with Gasteiger partial charge in [0, 0.05) is 22.8 Å². The fourth-order valence-corrected chi connectivity index (χ4v) is 3.82. The van der Waals surface area contributed by atoms with E-state index in [9.17, 15) is 9.59 Å². The summed E-state index contributed by atoms with van der Waals surface area (Å²) in [6, 6.07) is 10.3. The van der Waals surface area contributed by atoms with Crippen LogP contribution in [0.5, 0.6) is 5.75 Å². The number of benzene rings is 2. The van der Waals surface area contributed by atoms with Crippen molar-refractivity contribution in [3.63, 3.8) is 0 Å². The summed E-state index contributed by atoms with van der Waals surface area (Å²) in [5.74, 6) is 0.571. The molecule has 0 saturated carbocycles. The molecule has 0 saturated heterocycles. The monoisotopic (exact) mass is 493 g/mol. The number of thioether (sulfide) groups is 1. The van der Waals surface area contributed by atoms with Gasteiger partial charge in [-0.25, -0.2) is 0 Å². The predicted molar refractivity (Wildman–Crippen MR) is 127 cm³/mol. The molecule has 0 aliphatic heterocycles. The topological polar surface area (TPSA) is 98.1 Å². The maximum absolute atomic E-state index is 12.4. The number of halogens is 2. The smallest absolute Gasteiger partial charge is 0.234 e. The second-order valence-corrected chi connectivity index (χ2v) is 8.61. The van der Waals surface area contributed by atoms with Gasteiger partial charge in [0.05, 0.1) is 25.0 Å². The van der Waals surface area contributed by atoms with Gasteiger partial charge >= 0.3 is 0 Å². The number of methoxy groups -OCH3 is 1. The predicted octanol–water partition coefficient (Wildman–Crippen LogP) is 4.35. The molecule has 2 aromatic carbocycles. The number of anilines is 2. The van der Waals surface area contributed by atoms with Crippen LogP contribution < -0.4 is 15.4 Å². The first-order valence-corrected chi connectivity index (χ1v) is 11.2. The van der Waals surface area contributed by atoms with Crippen LogP contribution in [-0.2, 0) is 23.1 Å². The molecule has 8 nitrogen and oxygen atoms in total. The first-order valence-electron chi connectivity index (χ1n) is 9.47. The summed E-state index contributed by atoms with van der Waals surface area (Å²) in [4.78, 5) is 24.7. The van der Waals surface area contributed by atoms with Crippen molar-refractivity contribution in [1.82, 2.24) is 14.8 Å². The minimum atomic E-state index is -0.255. The summed E-state index contributed by atoms with van der Waals surface area (Å²) >= 11 is 13.3. The van der Waals surface area contributed by atoms with Crippen molar-refractivity contribution >= 4 is 58.2 Å². The summed E-state index contributed by atoms with van der Waals surface area (Å²) in [6.07, 6.45) is 0.0292. The number of aromatic nitrogens is 3. The Labute approximate surface area is 199 Å². The summed E-state index contributed by atoms with van der Waals surface area (Å²) in [7, 11) is 3.25. The van der Waals surface area contributed by atoms with E-state index in [4.69, 9.17) is 27.9 Å². The molecule has 0 radical (unpaired) electrons. The summed E-state index contributed by atoms with van der Waals surface area (Å²) < 4.78 is 6.91. The van der Waals surface area contributed by atoms with Gasteiger partial charge in [0.15, 0.2) is 5.16 Å². The minimum absolute atomic E-state index is 0.0292. The highest BCUT2D eigenvalue weighted by molar-refractivity contribution is 7.99. The number of carbonyl (C=O) groups is 2. The molecule has 0 aliphatic rings. The van der Waals surface area contributed by atoms with E-state index in [2.05, 4.69) is 20.8 Å². The Kier molecular flexibility index (Phi) is 8.00. The third kappa shape index (κ3) is 6.15. The molecule has 2 amide bonds. The SMILES string of the molecule is COc1ccc(Cl)cc1NC(=O)CSc1nnc(CC(=O)Nc2ccc(C)c(Cl)c2)n1C. The van der Waals surface area contributed by atoms with Crippen molar-refractivity contribution in [3.05, 3.63) is 57.8 Å². The zero-order valence-electron chi connectivity index (χ0n) is 17.6. The zero-order chi connectivity index (χ0) is 23.3. The lowest BCUT2D eigenvalue weighted by molar-refractivity contribution is -0.116. The first-order chi connectivity index (χ1) is 15.3. The molecule has 3 aromatic rings. The van der Waals surface area contributed by atoms with E-state index in [-0.39, 0.29) is 24.0 Å². The first kappa shape index (κ1) is 23.9. The van der Waals surface area contributed by atoms with Crippen molar-refractivity contribution in [2.24, 2.45) is 7.05 Å². The lowest BCUT2D eigenvalue weighted by Crippen LogP contribution is -2.17. The van der Waals surface area contributed by atoms with Gasteiger partial charge in [-0.1, -0.05) is 41.0 Å². The molecule has 2 N–H and O–H groups in total. The molecule has 0 aliphatic carbocycles. The van der Waals surface area contributed by atoms with Gasteiger partial charge in [-0.15, -0.1) is 10.2 Å². The number of amides is 2. The molecule has 3 rings (SSSR count). The molecule has 11 heteroatoms. The highest BCUT2D eigenvalue weighted by Gasteiger charge is 2.16. The minimum Gasteiger partial charge on any atom is -0.495 e. The number of nitrogens with zero attached hydrogens (tertiary/aromatic N) is 3.